The average Bonchev–Trinajstić information content (AvgIpc) is 2.08. The quantitative estimate of drug-likeness (QED) is 0.130. The summed E-state index contributed by atoms with van der Waals surface area (Å²) < 4.78 is 0. The van der Waals surface area contributed by atoms with Gasteiger partial charge in [0, 0.05) is 13.0 Å². The van der Waals surface area contributed by atoms with Gasteiger partial charge in [-0.2, -0.15) is 0 Å². The van der Waals surface area contributed by atoms with Crippen molar-refractivity contribution in [1.82, 2.24) is 0 Å². The summed E-state index contributed by atoms with van der Waals surface area (Å²) in [5, 5.41) is 3.08. The Labute approximate surface area is 80.9 Å². The highest BCUT2D eigenvalue weighted by atomic mass is 16.7. The third-order valence-corrected chi connectivity index (χ3v) is 1.09. The van der Waals surface area contributed by atoms with Crippen molar-refractivity contribution in [3.05, 3.63) is 0 Å². The van der Waals surface area contributed by atoms with E-state index in [1.807, 2.05) is 0 Å². The predicted molar refractivity (Wildman–Crippen MR) is 51.8 cm³/mol. The fraction of sp³-hybridized carbons (Fsp3) is 0.500. The van der Waals surface area contributed by atoms with E-state index >= 15 is 0 Å². The molecule has 0 unspecified atom stereocenters. The van der Waals surface area contributed by atoms with Crippen LogP contribution in [0, 0.1) is 0 Å². The van der Waals surface area contributed by atoms with Gasteiger partial charge in [-0.05, 0) is 11.6 Å². The molecular formula is C6H14N6O2. The number of hydrogen-bond donors (Lipinski definition) is 4. The third-order valence-electron chi connectivity index (χ3n) is 1.09. The van der Waals surface area contributed by atoms with Gasteiger partial charge in [-0.3, -0.25) is 4.99 Å². The van der Waals surface area contributed by atoms with Crippen LogP contribution in [0.15, 0.2) is 10.1 Å². The van der Waals surface area contributed by atoms with E-state index in [9.17, 15) is 4.79 Å². The molecule has 0 aromatic carbocycles. The van der Waals surface area contributed by atoms with E-state index in [1.54, 1.807) is 0 Å². The number of carbonyl (C=O) groups excluding carboxylic acids is 1. The minimum absolute atomic E-state index is 0.0115. The van der Waals surface area contributed by atoms with Crippen molar-refractivity contribution in [2.75, 3.05) is 6.54 Å². The molecule has 0 saturated carbocycles. The van der Waals surface area contributed by atoms with Gasteiger partial charge < -0.3 is 27.8 Å². The maximum absolute atomic E-state index is 10.8. The van der Waals surface area contributed by atoms with Crippen LogP contribution in [0.2, 0.25) is 0 Å². The lowest BCUT2D eigenvalue weighted by atomic mass is 10.3. The minimum atomic E-state index is -0.538. The summed E-state index contributed by atoms with van der Waals surface area (Å²) >= 11 is 0. The van der Waals surface area contributed by atoms with Crippen LogP contribution in [0.1, 0.15) is 12.8 Å². The molecule has 0 bridgehead atoms. The van der Waals surface area contributed by atoms with E-state index < -0.39 is 5.97 Å². The zero-order valence-corrected chi connectivity index (χ0v) is 7.64. The van der Waals surface area contributed by atoms with Gasteiger partial charge in [0.05, 0.1) is 0 Å². The lowest BCUT2D eigenvalue weighted by Gasteiger charge is -1.96. The number of carbonyl (C=O) groups is 1. The maximum atomic E-state index is 10.8. The van der Waals surface area contributed by atoms with Crippen LogP contribution >= 0.6 is 0 Å². The summed E-state index contributed by atoms with van der Waals surface area (Å²) in [7, 11) is 0. The molecular weight excluding hydrogens is 188 g/mol. The lowest BCUT2D eigenvalue weighted by Crippen LogP contribution is -2.23. The maximum Gasteiger partial charge on any atom is 0.335 e. The third kappa shape index (κ3) is 8.11. The van der Waals surface area contributed by atoms with Gasteiger partial charge in [-0.25, -0.2) is 4.79 Å². The monoisotopic (exact) mass is 202 g/mol. The fourth-order valence-electron chi connectivity index (χ4n) is 0.581. The summed E-state index contributed by atoms with van der Waals surface area (Å²) in [5.41, 5.74) is 20.0. The number of hydrogen-bond acceptors (Lipinski definition) is 4. The molecule has 0 aliphatic rings. The van der Waals surface area contributed by atoms with E-state index in [0.717, 1.165) is 0 Å². The fourth-order valence-corrected chi connectivity index (χ4v) is 0.581. The number of nitrogens with two attached hydrogens (primary N) is 4. The van der Waals surface area contributed by atoms with Gasteiger partial charge in [-0.1, -0.05) is 0 Å². The Morgan fingerprint density at radius 3 is 2.29 bits per heavy atom. The summed E-state index contributed by atoms with van der Waals surface area (Å²) in [5.74, 6) is -0.852. The molecule has 0 aromatic heterocycles. The van der Waals surface area contributed by atoms with Crippen molar-refractivity contribution in [3.8, 4) is 0 Å². The number of oxime groups is 1. The first-order valence-electron chi connectivity index (χ1n) is 3.86. The van der Waals surface area contributed by atoms with Gasteiger partial charge in [0.15, 0.2) is 5.96 Å². The van der Waals surface area contributed by atoms with E-state index in [-0.39, 0.29) is 18.3 Å². The van der Waals surface area contributed by atoms with Crippen LogP contribution in [0.3, 0.4) is 0 Å². The molecule has 8 N–H and O–H groups in total. The van der Waals surface area contributed by atoms with Gasteiger partial charge in [0.25, 0.3) is 0 Å². The minimum Gasteiger partial charge on any atom is -0.370 e. The molecule has 0 fully saturated rings. The first-order valence-corrected chi connectivity index (χ1v) is 3.86. The summed E-state index contributed by atoms with van der Waals surface area (Å²) in [6.07, 6.45) is 0.615. The predicted octanol–water partition coefficient (Wildman–Crippen LogP) is -2.23. The van der Waals surface area contributed by atoms with Crippen LogP contribution < -0.4 is 22.9 Å². The molecule has 0 aliphatic carbocycles. The molecule has 80 valence electrons. The Hall–Kier alpha value is -1.99. The normalized spacial score (nSPS) is 8.86. The average molecular weight is 202 g/mol. The molecule has 0 atom stereocenters. The van der Waals surface area contributed by atoms with Gasteiger partial charge in [0.2, 0.25) is 5.96 Å². The van der Waals surface area contributed by atoms with Crippen LogP contribution in [0.5, 0.6) is 0 Å². The molecule has 0 saturated heterocycles. The Bertz CT molecular complexity index is 241. The molecule has 8 heteroatoms. The van der Waals surface area contributed by atoms with Gasteiger partial charge in [0.1, 0.15) is 0 Å². The number of nitrogens with zero attached hydrogens (tertiary/aromatic N) is 2. The molecule has 0 heterocycles. The second-order valence-electron chi connectivity index (χ2n) is 2.39. The van der Waals surface area contributed by atoms with E-state index in [0.29, 0.717) is 13.0 Å². The van der Waals surface area contributed by atoms with Crippen molar-refractivity contribution >= 4 is 17.9 Å². The van der Waals surface area contributed by atoms with Crippen LogP contribution in [-0.2, 0) is 9.63 Å². The highest BCUT2D eigenvalue weighted by Crippen LogP contribution is 1.93. The zero-order valence-electron chi connectivity index (χ0n) is 7.64. The van der Waals surface area contributed by atoms with E-state index in [1.165, 1.54) is 0 Å². The molecule has 0 aliphatic heterocycles. The molecule has 0 radical (unpaired) electrons. The summed E-state index contributed by atoms with van der Waals surface area (Å²) in [6, 6.07) is 0. The Morgan fingerprint density at radius 1 is 1.14 bits per heavy atom. The van der Waals surface area contributed by atoms with Gasteiger partial charge in [-0.15, -0.1) is 0 Å². The highest BCUT2D eigenvalue weighted by molar-refractivity contribution is 5.77. The van der Waals surface area contributed by atoms with Crippen molar-refractivity contribution in [2.24, 2.45) is 33.1 Å². The van der Waals surface area contributed by atoms with Crippen molar-refractivity contribution in [1.29, 1.82) is 0 Å². The first kappa shape index (κ1) is 12.0. The topological polar surface area (TPSA) is 155 Å². The van der Waals surface area contributed by atoms with Crippen molar-refractivity contribution < 1.29 is 9.63 Å². The Kier molecular flexibility index (Phi) is 5.59. The number of aliphatic imine (C=N–C) groups is 1. The van der Waals surface area contributed by atoms with Crippen LogP contribution in [0.4, 0.5) is 0 Å². The van der Waals surface area contributed by atoms with Gasteiger partial charge >= 0.3 is 5.97 Å². The van der Waals surface area contributed by atoms with E-state index in [2.05, 4.69) is 15.0 Å². The Balaban J connectivity index is 3.55. The second kappa shape index (κ2) is 6.52. The molecule has 0 spiro atoms. The number of guanidine groups is 2. The lowest BCUT2D eigenvalue weighted by molar-refractivity contribution is -0.143. The number of rotatable bonds is 5. The van der Waals surface area contributed by atoms with E-state index in [4.69, 9.17) is 22.9 Å². The molecule has 14 heavy (non-hydrogen) atoms. The van der Waals surface area contributed by atoms with Crippen molar-refractivity contribution in [2.45, 2.75) is 12.8 Å². The molecule has 8 nitrogen and oxygen atoms in total. The highest BCUT2D eigenvalue weighted by Gasteiger charge is 2.01. The largest absolute Gasteiger partial charge is 0.370 e. The second-order valence-corrected chi connectivity index (χ2v) is 2.39. The molecule has 0 rings (SSSR count). The first-order chi connectivity index (χ1) is 6.52. The zero-order chi connectivity index (χ0) is 11.0. The Morgan fingerprint density at radius 2 is 1.79 bits per heavy atom. The van der Waals surface area contributed by atoms with Crippen LogP contribution in [-0.4, -0.2) is 24.4 Å². The smallest absolute Gasteiger partial charge is 0.335 e. The summed E-state index contributed by atoms with van der Waals surface area (Å²) in [6.45, 7) is 0.360. The van der Waals surface area contributed by atoms with Crippen molar-refractivity contribution in [3.63, 3.8) is 0 Å². The SMILES string of the molecule is NC(N)=NCCCC(=O)ON=C(N)N. The van der Waals surface area contributed by atoms with Crippen LogP contribution in [0.25, 0.3) is 0 Å². The standard InChI is InChI=1S/C6H14N6O2/c7-5(8)11-3-1-2-4(13)14-12-6(9)10/h1-3H2,(H4,7,8,11)(H4,9,10,12). The molecule has 0 amide bonds. The molecule has 0 aromatic rings. The summed E-state index contributed by atoms with van der Waals surface area (Å²) in [4.78, 5) is 18.8.